The first kappa shape index (κ1) is 11.9. The number of rotatable bonds is 4. The molecule has 0 spiro atoms. The molecule has 1 fully saturated rings. The smallest absolute Gasteiger partial charge is 0.154 e. The van der Waals surface area contributed by atoms with Gasteiger partial charge in [0.1, 0.15) is 11.8 Å². The summed E-state index contributed by atoms with van der Waals surface area (Å²) in [7, 11) is 1.72. The fraction of sp³-hybridized carbons (Fsp3) is 0.545. The molecule has 0 aliphatic heterocycles. The summed E-state index contributed by atoms with van der Waals surface area (Å²) in [5.74, 6) is 0.762. The molecule has 0 amide bonds. The van der Waals surface area contributed by atoms with Gasteiger partial charge in [0.25, 0.3) is 0 Å². The van der Waals surface area contributed by atoms with E-state index < -0.39 is 6.10 Å². The van der Waals surface area contributed by atoms with Crippen LogP contribution in [0.15, 0.2) is 17.0 Å². The molecule has 1 saturated carbocycles. The van der Waals surface area contributed by atoms with Gasteiger partial charge in [-0.2, -0.15) is 15.0 Å². The second-order valence-electron chi connectivity index (χ2n) is 4.71. The third-order valence-electron chi connectivity index (χ3n) is 3.07. The standard InChI is InChI=1S/C11H14BrN5O/c1-16-14-9(11(12)15-16)10(18)8-4-13-17(6-8)5-7-2-3-7/h4,6-7,10,18H,2-3,5H2,1H3. The van der Waals surface area contributed by atoms with Gasteiger partial charge in [-0.25, -0.2) is 0 Å². The molecule has 0 aromatic carbocycles. The Morgan fingerprint density at radius 3 is 2.89 bits per heavy atom. The molecule has 2 heterocycles. The Hall–Kier alpha value is -1.21. The predicted molar refractivity (Wildman–Crippen MR) is 67.7 cm³/mol. The van der Waals surface area contributed by atoms with Gasteiger partial charge < -0.3 is 5.11 Å². The Morgan fingerprint density at radius 2 is 2.28 bits per heavy atom. The summed E-state index contributed by atoms with van der Waals surface area (Å²) in [6, 6.07) is 0. The molecule has 96 valence electrons. The minimum atomic E-state index is -0.791. The number of aliphatic hydroxyl groups excluding tert-OH is 1. The van der Waals surface area contributed by atoms with E-state index in [1.807, 2.05) is 10.9 Å². The third kappa shape index (κ3) is 2.32. The van der Waals surface area contributed by atoms with Crippen molar-refractivity contribution in [2.24, 2.45) is 13.0 Å². The predicted octanol–water partition coefficient (Wildman–Crippen LogP) is 1.27. The van der Waals surface area contributed by atoms with Gasteiger partial charge in [0.2, 0.25) is 0 Å². The number of hydrogen-bond donors (Lipinski definition) is 1. The Morgan fingerprint density at radius 1 is 1.50 bits per heavy atom. The Bertz CT molecular complexity index is 560. The molecule has 2 aromatic heterocycles. The number of hydrogen-bond acceptors (Lipinski definition) is 4. The maximum atomic E-state index is 10.2. The molecule has 2 aromatic rings. The molecule has 18 heavy (non-hydrogen) atoms. The molecule has 7 heteroatoms. The zero-order valence-electron chi connectivity index (χ0n) is 9.99. The summed E-state index contributed by atoms with van der Waals surface area (Å²) in [6.45, 7) is 0.939. The van der Waals surface area contributed by atoms with Crippen molar-refractivity contribution < 1.29 is 5.11 Å². The van der Waals surface area contributed by atoms with Gasteiger partial charge in [-0.3, -0.25) is 4.68 Å². The van der Waals surface area contributed by atoms with Crippen LogP contribution in [0.2, 0.25) is 0 Å². The summed E-state index contributed by atoms with van der Waals surface area (Å²) in [6.07, 6.45) is 5.35. The lowest BCUT2D eigenvalue weighted by Gasteiger charge is -2.04. The average Bonchev–Trinajstić information content (AvgIpc) is 2.89. The van der Waals surface area contributed by atoms with Crippen molar-refractivity contribution in [3.63, 3.8) is 0 Å². The van der Waals surface area contributed by atoms with E-state index in [1.54, 1.807) is 13.2 Å². The van der Waals surface area contributed by atoms with Crippen LogP contribution in [0.4, 0.5) is 0 Å². The highest BCUT2D eigenvalue weighted by Crippen LogP contribution is 2.31. The zero-order valence-corrected chi connectivity index (χ0v) is 11.6. The fourth-order valence-corrected chi connectivity index (χ4v) is 2.43. The van der Waals surface area contributed by atoms with E-state index in [-0.39, 0.29) is 0 Å². The van der Waals surface area contributed by atoms with Crippen LogP contribution in [0.3, 0.4) is 0 Å². The quantitative estimate of drug-likeness (QED) is 0.923. The van der Waals surface area contributed by atoms with Crippen molar-refractivity contribution in [2.45, 2.75) is 25.5 Å². The lowest BCUT2D eigenvalue weighted by molar-refractivity contribution is 0.213. The fourth-order valence-electron chi connectivity index (χ4n) is 1.91. The number of aromatic nitrogens is 5. The monoisotopic (exact) mass is 311 g/mol. The molecule has 0 radical (unpaired) electrons. The van der Waals surface area contributed by atoms with Crippen LogP contribution >= 0.6 is 15.9 Å². The van der Waals surface area contributed by atoms with E-state index in [0.29, 0.717) is 10.3 Å². The first-order chi connectivity index (χ1) is 8.63. The second kappa shape index (κ2) is 4.47. The van der Waals surface area contributed by atoms with Gasteiger partial charge in [-0.05, 0) is 34.7 Å². The van der Waals surface area contributed by atoms with Crippen molar-refractivity contribution >= 4 is 15.9 Å². The number of aryl methyl sites for hydroxylation is 1. The molecule has 1 aliphatic carbocycles. The van der Waals surface area contributed by atoms with Crippen molar-refractivity contribution in [3.8, 4) is 0 Å². The first-order valence-corrected chi connectivity index (χ1v) is 6.70. The SMILES string of the molecule is Cn1nc(Br)c(C(O)c2cnn(CC3CC3)c2)n1. The van der Waals surface area contributed by atoms with Crippen LogP contribution in [0, 0.1) is 5.92 Å². The average molecular weight is 312 g/mol. The van der Waals surface area contributed by atoms with Crippen LogP contribution < -0.4 is 0 Å². The van der Waals surface area contributed by atoms with Crippen LogP contribution in [0.1, 0.15) is 30.2 Å². The topological polar surface area (TPSA) is 68.8 Å². The summed E-state index contributed by atoms with van der Waals surface area (Å²) in [5.41, 5.74) is 1.26. The molecule has 6 nitrogen and oxygen atoms in total. The van der Waals surface area contributed by atoms with E-state index in [9.17, 15) is 5.11 Å². The van der Waals surface area contributed by atoms with Crippen molar-refractivity contribution in [2.75, 3.05) is 0 Å². The van der Waals surface area contributed by atoms with Crippen molar-refractivity contribution in [1.29, 1.82) is 0 Å². The van der Waals surface area contributed by atoms with E-state index in [0.717, 1.165) is 18.0 Å². The zero-order chi connectivity index (χ0) is 12.7. The highest BCUT2D eigenvalue weighted by atomic mass is 79.9. The Balaban J connectivity index is 1.80. The molecular formula is C11H14BrN5O. The van der Waals surface area contributed by atoms with Gasteiger partial charge in [0.05, 0.1) is 6.20 Å². The summed E-state index contributed by atoms with van der Waals surface area (Å²) in [4.78, 5) is 1.43. The summed E-state index contributed by atoms with van der Waals surface area (Å²) in [5, 5.41) is 22.7. The van der Waals surface area contributed by atoms with Crippen molar-refractivity contribution in [3.05, 3.63) is 28.3 Å². The molecule has 1 unspecified atom stereocenters. The van der Waals surface area contributed by atoms with Crippen LogP contribution in [0.25, 0.3) is 0 Å². The van der Waals surface area contributed by atoms with Gasteiger partial charge >= 0.3 is 0 Å². The molecular weight excluding hydrogens is 298 g/mol. The van der Waals surface area contributed by atoms with Gasteiger partial charge in [0, 0.05) is 25.4 Å². The van der Waals surface area contributed by atoms with Crippen LogP contribution in [-0.2, 0) is 13.6 Å². The largest absolute Gasteiger partial charge is 0.382 e. The van der Waals surface area contributed by atoms with Crippen molar-refractivity contribution in [1.82, 2.24) is 24.8 Å². The van der Waals surface area contributed by atoms with Crippen LogP contribution in [0.5, 0.6) is 0 Å². The maximum Gasteiger partial charge on any atom is 0.154 e. The molecule has 3 rings (SSSR count). The number of aliphatic hydroxyl groups is 1. The molecule has 0 saturated heterocycles. The Kier molecular flexibility index (Phi) is 2.95. The van der Waals surface area contributed by atoms with E-state index in [4.69, 9.17) is 0 Å². The van der Waals surface area contributed by atoms with Crippen LogP contribution in [-0.4, -0.2) is 29.9 Å². The van der Waals surface area contributed by atoms with E-state index >= 15 is 0 Å². The summed E-state index contributed by atoms with van der Waals surface area (Å²) < 4.78 is 2.45. The highest BCUT2D eigenvalue weighted by molar-refractivity contribution is 9.10. The van der Waals surface area contributed by atoms with E-state index in [2.05, 4.69) is 31.2 Å². The van der Waals surface area contributed by atoms with Gasteiger partial charge in [0.15, 0.2) is 4.60 Å². The molecule has 1 aliphatic rings. The normalized spacial score (nSPS) is 17.1. The summed E-state index contributed by atoms with van der Waals surface area (Å²) >= 11 is 3.29. The van der Waals surface area contributed by atoms with E-state index in [1.165, 1.54) is 17.6 Å². The number of nitrogens with zero attached hydrogens (tertiary/aromatic N) is 5. The second-order valence-corrected chi connectivity index (χ2v) is 5.46. The highest BCUT2D eigenvalue weighted by Gasteiger charge is 2.24. The first-order valence-electron chi connectivity index (χ1n) is 5.90. The molecule has 1 atom stereocenters. The lowest BCUT2D eigenvalue weighted by Crippen LogP contribution is -2.02. The minimum absolute atomic E-state index is 0.517. The third-order valence-corrected chi connectivity index (χ3v) is 3.63. The van der Waals surface area contributed by atoms with Gasteiger partial charge in [-0.15, -0.1) is 5.10 Å². The minimum Gasteiger partial charge on any atom is -0.382 e. The Labute approximate surface area is 113 Å². The lowest BCUT2D eigenvalue weighted by atomic mass is 10.1. The maximum absolute atomic E-state index is 10.2. The molecule has 1 N–H and O–H groups in total. The number of halogens is 1. The molecule has 0 bridgehead atoms. The van der Waals surface area contributed by atoms with Gasteiger partial charge in [-0.1, -0.05) is 0 Å².